The van der Waals surface area contributed by atoms with Gasteiger partial charge in [-0.3, -0.25) is 0 Å². The third kappa shape index (κ3) is 5.07. The van der Waals surface area contributed by atoms with Crippen LogP contribution >= 0.6 is 0 Å². The van der Waals surface area contributed by atoms with E-state index in [9.17, 15) is 8.42 Å². The molecule has 21 heavy (non-hydrogen) atoms. The average Bonchev–Trinajstić information content (AvgIpc) is 2.97. The van der Waals surface area contributed by atoms with Crippen molar-refractivity contribution in [3.63, 3.8) is 0 Å². The molecule has 1 aromatic rings. The van der Waals surface area contributed by atoms with Gasteiger partial charge in [0.15, 0.2) is 0 Å². The molecule has 1 aromatic carbocycles. The first-order valence-electron chi connectivity index (χ1n) is 7.41. The molecule has 1 heterocycles. The molecule has 0 amide bonds. The molecule has 118 valence electrons. The van der Waals surface area contributed by atoms with Crippen LogP contribution in [0.3, 0.4) is 0 Å². The van der Waals surface area contributed by atoms with Gasteiger partial charge in [-0.05, 0) is 30.5 Å². The van der Waals surface area contributed by atoms with Crippen LogP contribution in [0.25, 0.3) is 0 Å². The van der Waals surface area contributed by atoms with Gasteiger partial charge in [-0.15, -0.1) is 0 Å². The smallest absolute Gasteiger partial charge is 0.240 e. The summed E-state index contributed by atoms with van der Waals surface area (Å²) in [4.78, 5) is 0.309. The monoisotopic (exact) mass is 312 g/mol. The summed E-state index contributed by atoms with van der Waals surface area (Å²) in [6.07, 6.45) is 1.93. The summed E-state index contributed by atoms with van der Waals surface area (Å²) in [5.74, 6) is 0. The van der Waals surface area contributed by atoms with Crippen LogP contribution in [-0.4, -0.2) is 33.7 Å². The Bertz CT molecular complexity index is 552. The van der Waals surface area contributed by atoms with E-state index in [2.05, 4.69) is 23.9 Å². The van der Waals surface area contributed by atoms with Crippen molar-refractivity contribution >= 4 is 10.0 Å². The highest BCUT2D eigenvalue weighted by molar-refractivity contribution is 7.89. The topological polar surface area (TPSA) is 67.4 Å². The van der Waals surface area contributed by atoms with Crippen molar-refractivity contribution in [3.05, 3.63) is 29.8 Å². The Morgan fingerprint density at radius 2 is 2.19 bits per heavy atom. The average molecular weight is 312 g/mol. The summed E-state index contributed by atoms with van der Waals surface area (Å²) in [7, 11) is -3.47. The SMILES string of the molecule is CC(C)NCc1cccc(S(=O)(=O)NCC2CCCO2)c1. The van der Waals surface area contributed by atoms with Crippen molar-refractivity contribution in [2.75, 3.05) is 13.2 Å². The van der Waals surface area contributed by atoms with Crippen LogP contribution in [0.15, 0.2) is 29.2 Å². The first-order chi connectivity index (χ1) is 9.97. The molecule has 0 radical (unpaired) electrons. The van der Waals surface area contributed by atoms with E-state index in [0.29, 0.717) is 24.0 Å². The lowest BCUT2D eigenvalue weighted by Crippen LogP contribution is -2.32. The van der Waals surface area contributed by atoms with E-state index in [4.69, 9.17) is 4.74 Å². The summed E-state index contributed by atoms with van der Waals surface area (Å²) in [6, 6.07) is 7.40. The van der Waals surface area contributed by atoms with Crippen molar-refractivity contribution in [3.8, 4) is 0 Å². The van der Waals surface area contributed by atoms with Gasteiger partial charge in [0.2, 0.25) is 10.0 Å². The van der Waals surface area contributed by atoms with E-state index < -0.39 is 10.0 Å². The fraction of sp³-hybridized carbons (Fsp3) is 0.600. The Kier molecular flexibility index (Phi) is 5.75. The molecular formula is C15H24N2O3S. The van der Waals surface area contributed by atoms with Crippen LogP contribution in [0.4, 0.5) is 0 Å². The molecule has 1 aliphatic rings. The summed E-state index contributed by atoms with van der Waals surface area (Å²) >= 11 is 0. The highest BCUT2D eigenvalue weighted by Gasteiger charge is 2.20. The predicted octanol–water partition coefficient (Wildman–Crippen LogP) is 1.64. The largest absolute Gasteiger partial charge is 0.377 e. The van der Waals surface area contributed by atoms with Gasteiger partial charge in [-0.25, -0.2) is 13.1 Å². The maximum atomic E-state index is 12.3. The summed E-state index contributed by atoms with van der Waals surface area (Å²) < 4.78 is 32.7. The van der Waals surface area contributed by atoms with Gasteiger partial charge in [-0.1, -0.05) is 26.0 Å². The molecule has 1 aliphatic heterocycles. The zero-order valence-corrected chi connectivity index (χ0v) is 13.4. The Balaban J connectivity index is 1.99. The molecule has 6 heteroatoms. The molecule has 0 saturated carbocycles. The van der Waals surface area contributed by atoms with E-state index in [1.165, 1.54) is 0 Å². The van der Waals surface area contributed by atoms with E-state index >= 15 is 0 Å². The fourth-order valence-corrected chi connectivity index (χ4v) is 3.37. The van der Waals surface area contributed by atoms with E-state index in [1.54, 1.807) is 18.2 Å². The molecule has 0 aromatic heterocycles. The van der Waals surface area contributed by atoms with Crippen LogP contribution in [-0.2, 0) is 21.3 Å². The minimum absolute atomic E-state index is 0.00515. The molecule has 5 nitrogen and oxygen atoms in total. The molecule has 1 fully saturated rings. The number of hydrogen-bond acceptors (Lipinski definition) is 4. The minimum Gasteiger partial charge on any atom is -0.377 e. The van der Waals surface area contributed by atoms with Gasteiger partial charge in [0.05, 0.1) is 11.0 Å². The first kappa shape index (κ1) is 16.4. The van der Waals surface area contributed by atoms with E-state index in [1.807, 2.05) is 6.07 Å². The third-order valence-corrected chi connectivity index (χ3v) is 4.87. The summed E-state index contributed by atoms with van der Waals surface area (Å²) in [5, 5.41) is 3.28. The van der Waals surface area contributed by atoms with Crippen molar-refractivity contribution in [2.24, 2.45) is 0 Å². The van der Waals surface area contributed by atoms with Gasteiger partial charge in [0.25, 0.3) is 0 Å². The number of nitrogens with one attached hydrogen (secondary N) is 2. The molecule has 1 saturated heterocycles. The fourth-order valence-electron chi connectivity index (χ4n) is 2.24. The number of benzene rings is 1. The van der Waals surface area contributed by atoms with Crippen LogP contribution in [0, 0.1) is 0 Å². The molecule has 2 N–H and O–H groups in total. The molecule has 1 atom stereocenters. The van der Waals surface area contributed by atoms with Gasteiger partial charge in [0.1, 0.15) is 0 Å². The van der Waals surface area contributed by atoms with Crippen molar-refractivity contribution in [2.45, 2.75) is 50.3 Å². The highest BCUT2D eigenvalue weighted by Crippen LogP contribution is 2.14. The Hall–Kier alpha value is -0.950. The standard InChI is InChI=1S/C15H24N2O3S/c1-12(2)16-10-13-5-3-7-15(9-13)21(18,19)17-11-14-6-4-8-20-14/h3,5,7,9,12,14,16-17H,4,6,8,10-11H2,1-2H3. The van der Waals surface area contributed by atoms with Gasteiger partial charge < -0.3 is 10.1 Å². The molecule has 2 rings (SSSR count). The Morgan fingerprint density at radius 1 is 1.38 bits per heavy atom. The van der Waals surface area contributed by atoms with Crippen LogP contribution in [0.5, 0.6) is 0 Å². The second-order valence-electron chi connectivity index (χ2n) is 5.67. The van der Waals surface area contributed by atoms with Crippen molar-refractivity contribution in [1.82, 2.24) is 10.0 Å². The lowest BCUT2D eigenvalue weighted by Gasteiger charge is -2.13. The van der Waals surface area contributed by atoms with Crippen molar-refractivity contribution in [1.29, 1.82) is 0 Å². The van der Waals surface area contributed by atoms with E-state index in [0.717, 1.165) is 25.0 Å². The highest BCUT2D eigenvalue weighted by atomic mass is 32.2. The predicted molar refractivity (Wildman–Crippen MR) is 82.6 cm³/mol. The van der Waals surface area contributed by atoms with Crippen LogP contribution in [0.2, 0.25) is 0 Å². The molecule has 0 spiro atoms. The maximum Gasteiger partial charge on any atom is 0.240 e. The normalized spacial score (nSPS) is 19.3. The maximum absolute atomic E-state index is 12.3. The zero-order valence-electron chi connectivity index (χ0n) is 12.6. The second-order valence-corrected chi connectivity index (χ2v) is 7.44. The lowest BCUT2D eigenvalue weighted by atomic mass is 10.2. The van der Waals surface area contributed by atoms with Crippen LogP contribution in [0.1, 0.15) is 32.3 Å². The van der Waals surface area contributed by atoms with Crippen LogP contribution < -0.4 is 10.0 Å². The second kappa shape index (κ2) is 7.35. The molecule has 1 unspecified atom stereocenters. The molecule has 0 bridgehead atoms. The zero-order chi connectivity index (χ0) is 15.3. The number of sulfonamides is 1. The lowest BCUT2D eigenvalue weighted by molar-refractivity contribution is 0.114. The van der Waals surface area contributed by atoms with E-state index in [-0.39, 0.29) is 6.10 Å². The number of ether oxygens (including phenoxy) is 1. The third-order valence-electron chi connectivity index (χ3n) is 3.45. The van der Waals surface area contributed by atoms with Gasteiger partial charge in [0, 0.05) is 25.7 Å². The molecule has 0 aliphatic carbocycles. The molecular weight excluding hydrogens is 288 g/mol. The first-order valence-corrected chi connectivity index (χ1v) is 8.89. The quantitative estimate of drug-likeness (QED) is 0.803. The Morgan fingerprint density at radius 3 is 2.86 bits per heavy atom. The minimum atomic E-state index is -3.47. The Labute approximate surface area is 127 Å². The van der Waals surface area contributed by atoms with Crippen molar-refractivity contribution < 1.29 is 13.2 Å². The number of hydrogen-bond donors (Lipinski definition) is 2. The van der Waals surface area contributed by atoms with Gasteiger partial charge >= 0.3 is 0 Å². The number of rotatable bonds is 7. The van der Waals surface area contributed by atoms with Gasteiger partial charge in [-0.2, -0.15) is 0 Å². The summed E-state index contributed by atoms with van der Waals surface area (Å²) in [6.45, 7) is 5.85. The summed E-state index contributed by atoms with van der Waals surface area (Å²) in [5.41, 5.74) is 0.962.